The Morgan fingerprint density at radius 2 is 1.61 bits per heavy atom. The molecule has 0 unspecified atom stereocenters. The number of hydrogen-bond donors (Lipinski definition) is 0. The summed E-state index contributed by atoms with van der Waals surface area (Å²) in [5, 5.41) is 1.66. The molecule has 0 aliphatic heterocycles. The van der Waals surface area contributed by atoms with Crippen LogP contribution in [0, 0.1) is 0 Å². The van der Waals surface area contributed by atoms with E-state index < -0.39 is 0 Å². The molecule has 0 saturated carbocycles. The number of fused-ring (bicyclic) bond motifs is 1. The second kappa shape index (κ2) is 4.67. The Hall–Kier alpha value is -2.06. The molecule has 0 N–H and O–H groups in total. The zero-order chi connectivity index (χ0) is 12.4. The fourth-order valence-electron chi connectivity index (χ4n) is 1.74. The highest BCUT2D eigenvalue weighted by Crippen LogP contribution is 2.28. The van der Waals surface area contributed by atoms with Crippen LogP contribution in [0.3, 0.4) is 0 Å². The van der Waals surface area contributed by atoms with Crippen LogP contribution >= 0.6 is 11.6 Å². The largest absolute Gasteiger partial charge is 0.437 e. The van der Waals surface area contributed by atoms with Crippen molar-refractivity contribution < 1.29 is 4.74 Å². The van der Waals surface area contributed by atoms with E-state index in [2.05, 4.69) is 4.98 Å². The van der Waals surface area contributed by atoms with Crippen LogP contribution in [0.1, 0.15) is 0 Å². The van der Waals surface area contributed by atoms with Crippen molar-refractivity contribution in [3.05, 3.63) is 65.7 Å². The van der Waals surface area contributed by atoms with Gasteiger partial charge in [0.05, 0.1) is 10.5 Å². The molecule has 0 spiro atoms. The Bertz CT molecular complexity index is 697. The molecule has 0 radical (unpaired) electrons. The zero-order valence-corrected chi connectivity index (χ0v) is 10.3. The number of para-hydroxylation sites is 2. The first-order valence-electron chi connectivity index (χ1n) is 5.61. The number of benzene rings is 2. The van der Waals surface area contributed by atoms with Gasteiger partial charge in [-0.1, -0.05) is 41.9 Å². The molecule has 0 fully saturated rings. The summed E-state index contributed by atoms with van der Waals surface area (Å²) in [4.78, 5) is 4.43. The lowest BCUT2D eigenvalue weighted by molar-refractivity contribution is 0.465. The number of halogens is 1. The van der Waals surface area contributed by atoms with Crippen LogP contribution in [-0.4, -0.2) is 4.98 Å². The van der Waals surface area contributed by atoms with Gasteiger partial charge < -0.3 is 4.74 Å². The average molecular weight is 256 g/mol. The number of ether oxygens (including phenoxy) is 1. The maximum atomic E-state index is 6.04. The summed E-state index contributed by atoms with van der Waals surface area (Å²) in [6.45, 7) is 0. The Morgan fingerprint density at radius 3 is 2.50 bits per heavy atom. The molecule has 0 aliphatic carbocycles. The first-order chi connectivity index (χ1) is 8.83. The average Bonchev–Trinajstić information content (AvgIpc) is 2.41. The summed E-state index contributed by atoms with van der Waals surface area (Å²) in [7, 11) is 0. The van der Waals surface area contributed by atoms with Crippen LogP contribution in [0.4, 0.5) is 0 Å². The maximum absolute atomic E-state index is 6.04. The minimum absolute atomic E-state index is 0.543. The van der Waals surface area contributed by atoms with E-state index in [9.17, 15) is 0 Å². The molecule has 3 heteroatoms. The predicted octanol–water partition coefficient (Wildman–Crippen LogP) is 4.68. The monoisotopic (exact) mass is 255 g/mol. The minimum Gasteiger partial charge on any atom is -0.437 e. The van der Waals surface area contributed by atoms with Gasteiger partial charge >= 0.3 is 0 Å². The molecule has 0 amide bonds. The molecule has 0 atom stereocenters. The molecule has 2 nitrogen and oxygen atoms in total. The lowest BCUT2D eigenvalue weighted by atomic mass is 10.2. The molecule has 0 aliphatic rings. The second-order valence-electron chi connectivity index (χ2n) is 3.87. The lowest BCUT2D eigenvalue weighted by Crippen LogP contribution is -1.88. The van der Waals surface area contributed by atoms with Crippen molar-refractivity contribution in [2.75, 3.05) is 0 Å². The summed E-state index contributed by atoms with van der Waals surface area (Å²) >= 11 is 6.04. The van der Waals surface area contributed by atoms with E-state index in [1.54, 1.807) is 6.07 Å². The third kappa shape index (κ3) is 2.15. The Morgan fingerprint density at radius 1 is 0.833 bits per heavy atom. The van der Waals surface area contributed by atoms with E-state index in [1.807, 2.05) is 54.6 Å². The van der Waals surface area contributed by atoms with E-state index in [4.69, 9.17) is 16.3 Å². The van der Waals surface area contributed by atoms with E-state index in [0.29, 0.717) is 16.7 Å². The van der Waals surface area contributed by atoms with Crippen LogP contribution in [0.2, 0.25) is 5.02 Å². The SMILES string of the molecule is Clc1ccccc1Oc1ccc2ccccc2n1. The number of pyridine rings is 1. The number of nitrogens with zero attached hydrogens (tertiary/aromatic N) is 1. The minimum atomic E-state index is 0.543. The molecular weight excluding hydrogens is 246 g/mol. The van der Waals surface area contributed by atoms with Crippen molar-refractivity contribution in [1.82, 2.24) is 4.98 Å². The number of hydrogen-bond acceptors (Lipinski definition) is 2. The lowest BCUT2D eigenvalue weighted by Gasteiger charge is -2.07. The zero-order valence-electron chi connectivity index (χ0n) is 9.51. The van der Waals surface area contributed by atoms with Crippen LogP contribution in [0.5, 0.6) is 11.6 Å². The van der Waals surface area contributed by atoms with Gasteiger partial charge in [-0.2, -0.15) is 0 Å². The van der Waals surface area contributed by atoms with Crippen molar-refractivity contribution in [3.8, 4) is 11.6 Å². The molecule has 18 heavy (non-hydrogen) atoms. The summed E-state index contributed by atoms with van der Waals surface area (Å²) in [5.74, 6) is 1.16. The summed E-state index contributed by atoms with van der Waals surface area (Å²) in [5.41, 5.74) is 0.905. The van der Waals surface area contributed by atoms with Gasteiger partial charge in [0.2, 0.25) is 5.88 Å². The first kappa shape index (κ1) is 11.1. The fraction of sp³-hybridized carbons (Fsp3) is 0. The normalized spacial score (nSPS) is 10.5. The van der Waals surface area contributed by atoms with Crippen LogP contribution < -0.4 is 4.74 Å². The van der Waals surface area contributed by atoms with Gasteiger partial charge in [-0.25, -0.2) is 4.98 Å². The van der Waals surface area contributed by atoms with Crippen molar-refractivity contribution in [3.63, 3.8) is 0 Å². The molecule has 0 bridgehead atoms. The van der Waals surface area contributed by atoms with Gasteiger partial charge in [0, 0.05) is 11.5 Å². The maximum Gasteiger partial charge on any atom is 0.219 e. The van der Waals surface area contributed by atoms with Gasteiger partial charge in [0.15, 0.2) is 0 Å². The fourth-order valence-corrected chi connectivity index (χ4v) is 1.92. The van der Waals surface area contributed by atoms with Crippen LogP contribution in [-0.2, 0) is 0 Å². The van der Waals surface area contributed by atoms with Crippen molar-refractivity contribution in [2.24, 2.45) is 0 Å². The standard InChI is InChI=1S/C15H10ClNO/c16-12-6-2-4-8-14(12)18-15-10-9-11-5-1-3-7-13(11)17-15/h1-10H. The van der Waals surface area contributed by atoms with Crippen molar-refractivity contribution in [2.45, 2.75) is 0 Å². The highest BCUT2D eigenvalue weighted by atomic mass is 35.5. The molecule has 3 aromatic rings. The summed E-state index contributed by atoms with van der Waals surface area (Å²) < 4.78 is 5.67. The molecular formula is C15H10ClNO. The molecule has 2 aromatic carbocycles. The second-order valence-corrected chi connectivity index (χ2v) is 4.28. The summed E-state index contributed by atoms with van der Waals surface area (Å²) in [6.07, 6.45) is 0. The van der Waals surface area contributed by atoms with Gasteiger partial charge in [-0.15, -0.1) is 0 Å². The highest BCUT2D eigenvalue weighted by Gasteiger charge is 2.03. The van der Waals surface area contributed by atoms with E-state index in [1.165, 1.54) is 0 Å². The quantitative estimate of drug-likeness (QED) is 0.663. The first-order valence-corrected chi connectivity index (χ1v) is 5.99. The Kier molecular flexibility index (Phi) is 2.87. The number of rotatable bonds is 2. The summed E-state index contributed by atoms with van der Waals surface area (Å²) in [6, 6.07) is 19.1. The molecule has 88 valence electrons. The molecule has 3 rings (SSSR count). The van der Waals surface area contributed by atoms with E-state index >= 15 is 0 Å². The molecule has 0 saturated heterocycles. The highest BCUT2D eigenvalue weighted by molar-refractivity contribution is 6.32. The van der Waals surface area contributed by atoms with E-state index in [0.717, 1.165) is 10.9 Å². The Balaban J connectivity index is 1.98. The van der Waals surface area contributed by atoms with Gasteiger partial charge in [0.1, 0.15) is 5.75 Å². The van der Waals surface area contributed by atoms with Crippen molar-refractivity contribution >= 4 is 22.5 Å². The van der Waals surface area contributed by atoms with E-state index in [-0.39, 0.29) is 0 Å². The van der Waals surface area contributed by atoms with Gasteiger partial charge in [-0.05, 0) is 24.3 Å². The topological polar surface area (TPSA) is 22.1 Å². The smallest absolute Gasteiger partial charge is 0.219 e. The van der Waals surface area contributed by atoms with Crippen LogP contribution in [0.25, 0.3) is 10.9 Å². The number of aromatic nitrogens is 1. The van der Waals surface area contributed by atoms with Gasteiger partial charge in [-0.3, -0.25) is 0 Å². The predicted molar refractivity (Wildman–Crippen MR) is 73.3 cm³/mol. The molecule has 1 aromatic heterocycles. The third-order valence-electron chi connectivity index (χ3n) is 2.62. The van der Waals surface area contributed by atoms with Crippen molar-refractivity contribution in [1.29, 1.82) is 0 Å². The third-order valence-corrected chi connectivity index (χ3v) is 2.94. The Labute approximate surface area is 110 Å². The van der Waals surface area contributed by atoms with Crippen LogP contribution in [0.15, 0.2) is 60.7 Å². The van der Waals surface area contributed by atoms with Gasteiger partial charge in [0.25, 0.3) is 0 Å². The molecule has 1 heterocycles.